The number of phosphoric acid groups is 1. The smallest absolute Gasteiger partial charge is 0.474 e. The molecule has 3 fully saturated rings. The zero-order valence-corrected chi connectivity index (χ0v) is 39.4. The molecule has 17 atom stereocenters. The first-order valence-corrected chi connectivity index (χ1v) is 23.1. The van der Waals surface area contributed by atoms with Gasteiger partial charge in [0.25, 0.3) is 0 Å². The number of carboxylic acid groups (broad SMARTS) is 1. The van der Waals surface area contributed by atoms with Gasteiger partial charge in [0.15, 0.2) is 31.1 Å². The molecule has 29 heteroatoms. The van der Waals surface area contributed by atoms with Gasteiger partial charge >= 0.3 is 13.8 Å². The highest BCUT2D eigenvalue weighted by Crippen LogP contribution is 2.47. The van der Waals surface area contributed by atoms with Crippen molar-refractivity contribution >= 4 is 31.5 Å². The molecule has 3 amide bonds. The first kappa shape index (κ1) is 59.3. The standard InChI is InChI=1S/C40H65N6O22P/c1-18(2)8-6-9-19(3)10-7-11-20(4)12-13-61-24(37(57)58)17-62-69(59,60)68-40-35(32(55)31(54)34(66-40)36(41)56)67-39-27(44-21(5)49)30(53)33(23(16-48)64-39)65-38-26(45-25(50)14-43-46-42)29(52)28(51)22(15-47)63-38/h8,10,12,22-24,26-35,38-40,47-48,51-55H,6-7,9,11,13-17H2,1-5H3,(H2,41,56)(H,44,49)(H,45,50)(H,57,58)(H,59,60)/b19-10+,20-12-/t22?,23?,24-,26?,27?,28+,29?,30?,31-,32?,33-,34?,35?,38+,39+,40-/m1/s1. The van der Waals surface area contributed by atoms with Gasteiger partial charge < -0.3 is 90.5 Å². The molecular weight excluding hydrogens is 947 g/mol. The number of nitrogens with two attached hydrogens (primary N) is 1. The van der Waals surface area contributed by atoms with E-state index in [4.69, 9.17) is 48.7 Å². The molecule has 69 heavy (non-hydrogen) atoms. The predicted molar refractivity (Wildman–Crippen MR) is 232 cm³/mol. The van der Waals surface area contributed by atoms with Crippen LogP contribution in [0.25, 0.3) is 10.4 Å². The van der Waals surface area contributed by atoms with Gasteiger partial charge in [-0.25, -0.2) is 9.36 Å². The number of amides is 3. The minimum atomic E-state index is -5.54. The van der Waals surface area contributed by atoms with Crippen molar-refractivity contribution in [1.29, 1.82) is 0 Å². The molecule has 392 valence electrons. The highest BCUT2D eigenvalue weighted by molar-refractivity contribution is 7.47. The molecular formula is C40H65N6O22P. The lowest BCUT2D eigenvalue weighted by Gasteiger charge is -2.49. The van der Waals surface area contributed by atoms with Crippen LogP contribution in [0, 0.1) is 0 Å². The van der Waals surface area contributed by atoms with E-state index < -0.39 is 156 Å². The van der Waals surface area contributed by atoms with Gasteiger partial charge in [0.2, 0.25) is 17.7 Å². The van der Waals surface area contributed by atoms with Crippen molar-refractivity contribution in [3.05, 3.63) is 45.4 Å². The van der Waals surface area contributed by atoms with Crippen molar-refractivity contribution in [3.8, 4) is 0 Å². The highest BCUT2D eigenvalue weighted by atomic mass is 31.2. The van der Waals surface area contributed by atoms with Crippen LogP contribution < -0.4 is 16.4 Å². The Bertz CT molecular complexity index is 1920. The second-order valence-electron chi connectivity index (χ2n) is 16.6. The lowest BCUT2D eigenvalue weighted by Crippen LogP contribution is -2.70. The number of rotatable bonds is 26. The first-order valence-electron chi connectivity index (χ1n) is 21.7. The Hall–Kier alpha value is -4.00. The van der Waals surface area contributed by atoms with Gasteiger partial charge in [-0.3, -0.25) is 23.4 Å². The van der Waals surface area contributed by atoms with Crippen LogP contribution in [0.2, 0.25) is 0 Å². The third-order valence-electron chi connectivity index (χ3n) is 10.9. The van der Waals surface area contributed by atoms with Crippen molar-refractivity contribution in [2.45, 2.75) is 158 Å². The Morgan fingerprint density at radius 3 is 1.93 bits per heavy atom. The zero-order valence-electron chi connectivity index (χ0n) is 38.5. The number of phosphoric ester groups is 1. The second-order valence-corrected chi connectivity index (χ2v) is 18.0. The number of carbonyl (C=O) groups excluding carboxylic acids is 3. The number of aliphatic carboxylic acids is 1. The van der Waals surface area contributed by atoms with Gasteiger partial charge in [0.05, 0.1) is 26.4 Å². The predicted octanol–water partition coefficient (Wildman–Crippen LogP) is -2.47. The normalized spacial score (nSPS) is 33.3. The molecule has 13 N–H and O–H groups in total. The Balaban J connectivity index is 1.82. The van der Waals surface area contributed by atoms with Gasteiger partial charge in [0.1, 0.15) is 73.6 Å². The van der Waals surface area contributed by atoms with Crippen LogP contribution in [0.4, 0.5) is 0 Å². The lowest BCUT2D eigenvalue weighted by molar-refractivity contribution is -0.358. The van der Waals surface area contributed by atoms with Crippen LogP contribution in [0.1, 0.15) is 60.3 Å². The van der Waals surface area contributed by atoms with E-state index in [2.05, 4.69) is 32.8 Å². The number of carbonyl (C=O) groups is 4. The summed E-state index contributed by atoms with van der Waals surface area (Å²) in [7, 11) is -5.54. The summed E-state index contributed by atoms with van der Waals surface area (Å²) >= 11 is 0. The molecule has 0 aromatic heterocycles. The molecule has 3 rings (SSSR count). The van der Waals surface area contributed by atoms with Gasteiger partial charge in [0, 0.05) is 11.8 Å². The molecule has 0 aliphatic carbocycles. The average Bonchev–Trinajstić information content (AvgIpc) is 3.27. The van der Waals surface area contributed by atoms with Crippen LogP contribution in [-0.2, 0) is 61.2 Å². The van der Waals surface area contributed by atoms with E-state index in [-0.39, 0.29) is 6.61 Å². The maximum atomic E-state index is 13.4. The minimum absolute atomic E-state index is 0.237. The van der Waals surface area contributed by atoms with E-state index in [1.54, 1.807) is 6.08 Å². The first-order chi connectivity index (χ1) is 32.4. The number of aliphatic hydroxyl groups excluding tert-OH is 7. The van der Waals surface area contributed by atoms with Gasteiger partial charge in [-0.05, 0) is 58.9 Å². The quantitative estimate of drug-likeness (QED) is 0.0140. The number of nitrogens with zero attached hydrogens (tertiary/aromatic N) is 3. The molecule has 0 spiro atoms. The topological polar surface area (TPSA) is 440 Å². The molecule has 0 aromatic carbocycles. The highest BCUT2D eigenvalue weighted by Gasteiger charge is 2.56. The van der Waals surface area contributed by atoms with Crippen molar-refractivity contribution in [1.82, 2.24) is 10.6 Å². The minimum Gasteiger partial charge on any atom is -0.479 e. The Labute approximate surface area is 396 Å². The number of hydrogen-bond donors (Lipinski definition) is 12. The molecule has 0 radical (unpaired) electrons. The van der Waals surface area contributed by atoms with E-state index in [9.17, 15) is 69.5 Å². The monoisotopic (exact) mass is 1010 g/mol. The van der Waals surface area contributed by atoms with Crippen molar-refractivity contribution in [3.63, 3.8) is 0 Å². The zero-order chi connectivity index (χ0) is 51.7. The van der Waals surface area contributed by atoms with Crippen LogP contribution >= 0.6 is 7.82 Å². The number of nitrogens with one attached hydrogen (secondary N) is 2. The number of allylic oxidation sites excluding steroid dienone is 5. The fourth-order valence-electron chi connectivity index (χ4n) is 7.19. The largest absolute Gasteiger partial charge is 0.479 e. The molecule has 0 saturated carbocycles. The van der Waals surface area contributed by atoms with Crippen molar-refractivity contribution < 1.29 is 107 Å². The Morgan fingerprint density at radius 2 is 1.36 bits per heavy atom. The molecule has 3 aliphatic rings. The lowest BCUT2D eigenvalue weighted by atomic mass is 9.94. The Morgan fingerprint density at radius 1 is 0.783 bits per heavy atom. The summed E-state index contributed by atoms with van der Waals surface area (Å²) in [6.07, 6.45) is -19.1. The molecule has 3 saturated heterocycles. The number of azide groups is 1. The molecule has 3 aliphatic heterocycles. The van der Waals surface area contributed by atoms with Gasteiger partial charge in [-0.15, -0.1) is 0 Å². The van der Waals surface area contributed by atoms with E-state index in [0.717, 1.165) is 31.8 Å². The number of carboxylic acids is 1. The summed E-state index contributed by atoms with van der Waals surface area (Å²) in [6.45, 7) is 4.78. The van der Waals surface area contributed by atoms with E-state index in [1.165, 1.54) is 11.1 Å². The maximum Gasteiger partial charge on any atom is 0.474 e. The SMILES string of the molecule is CC(=O)NC1C(O)[C@H](O[C@@H]2OC(CO)[C@H](O)C(O)C2NC(=O)CN=[N+]=[N-])C(CO)O[C@H]1OC1C(O)[C@@H](O)C(C(N)=O)O[C@@H]1OP(=O)(O)OC[C@@H](OC/C=C(/C)CC/C=C(\C)CCC=C(C)C)C(=O)O. The van der Waals surface area contributed by atoms with Crippen molar-refractivity contribution in [2.75, 3.05) is 33.0 Å². The third kappa shape index (κ3) is 18.0. The van der Waals surface area contributed by atoms with E-state index in [1.807, 2.05) is 27.7 Å². The summed E-state index contributed by atoms with van der Waals surface area (Å²) < 4.78 is 57.1. The molecule has 28 nitrogen and oxygen atoms in total. The van der Waals surface area contributed by atoms with Crippen LogP contribution in [0.5, 0.6) is 0 Å². The van der Waals surface area contributed by atoms with Crippen molar-refractivity contribution in [2.24, 2.45) is 10.8 Å². The number of primary amides is 1. The van der Waals surface area contributed by atoms with Gasteiger partial charge in [-0.2, -0.15) is 0 Å². The summed E-state index contributed by atoms with van der Waals surface area (Å²) in [6, 6.07) is -3.54. The molecule has 10 unspecified atom stereocenters. The van der Waals surface area contributed by atoms with Gasteiger partial charge in [-0.1, -0.05) is 40.1 Å². The second kappa shape index (κ2) is 28.1. The summed E-state index contributed by atoms with van der Waals surface area (Å²) in [5, 5.41) is 92.7. The third-order valence-corrected chi connectivity index (χ3v) is 11.8. The van der Waals surface area contributed by atoms with Crippen LogP contribution in [0.15, 0.2) is 40.1 Å². The van der Waals surface area contributed by atoms with Crippen LogP contribution in [-0.4, -0.2) is 201 Å². The maximum absolute atomic E-state index is 13.4. The molecule has 0 bridgehead atoms. The summed E-state index contributed by atoms with van der Waals surface area (Å²) in [5.74, 6) is -4.88. The van der Waals surface area contributed by atoms with E-state index in [0.29, 0.717) is 6.42 Å². The number of hydrogen-bond acceptors (Lipinski definition) is 21. The summed E-state index contributed by atoms with van der Waals surface area (Å²) in [5.41, 5.74) is 17.3. The number of ether oxygens (including phenoxy) is 6. The summed E-state index contributed by atoms with van der Waals surface area (Å²) in [4.78, 5) is 62.4. The average molecular weight is 1010 g/mol. The molecule has 0 aromatic rings. The van der Waals surface area contributed by atoms with E-state index >= 15 is 0 Å². The van der Waals surface area contributed by atoms with Crippen LogP contribution in [0.3, 0.4) is 0 Å². The molecule has 3 heterocycles. The fourth-order valence-corrected chi connectivity index (χ4v) is 8.01. The number of aliphatic hydroxyl groups is 7. The Kier molecular flexibility index (Phi) is 24.2. The fraction of sp³-hybridized carbons (Fsp3) is 0.750.